The minimum atomic E-state index is -0.318. The summed E-state index contributed by atoms with van der Waals surface area (Å²) >= 11 is 1.57. The average Bonchev–Trinajstić information content (AvgIpc) is 3.24. The molecule has 1 amide bonds. The molecule has 0 fully saturated rings. The molecule has 23 heavy (non-hydrogen) atoms. The predicted octanol–water partition coefficient (Wildman–Crippen LogP) is 3.11. The topological polar surface area (TPSA) is 72.2 Å². The minimum Gasteiger partial charge on any atom is -0.304 e. The van der Waals surface area contributed by atoms with Crippen molar-refractivity contribution in [2.75, 3.05) is 5.32 Å². The van der Waals surface area contributed by atoms with Crippen molar-refractivity contribution in [3.05, 3.63) is 66.2 Å². The third-order valence-electron chi connectivity index (χ3n) is 3.31. The number of rotatable bonds is 3. The Morgan fingerprint density at radius 1 is 1.17 bits per heavy atom. The SMILES string of the molecule is O=C(Nc1c(-c2cccs2)nc2ccccn12)c1cnccn1. The van der Waals surface area contributed by atoms with Gasteiger partial charge < -0.3 is 5.32 Å². The minimum absolute atomic E-state index is 0.260. The van der Waals surface area contributed by atoms with Gasteiger partial charge in [-0.1, -0.05) is 12.1 Å². The lowest BCUT2D eigenvalue weighted by atomic mass is 10.3. The third kappa shape index (κ3) is 2.47. The second kappa shape index (κ2) is 5.62. The van der Waals surface area contributed by atoms with Crippen molar-refractivity contribution in [1.29, 1.82) is 0 Å². The number of nitrogens with one attached hydrogen (secondary N) is 1. The highest BCUT2D eigenvalue weighted by Crippen LogP contribution is 2.32. The van der Waals surface area contributed by atoms with Crippen LogP contribution in [0.15, 0.2) is 60.5 Å². The molecule has 4 rings (SSSR count). The summed E-state index contributed by atoms with van der Waals surface area (Å²) in [5.74, 6) is 0.306. The molecule has 0 radical (unpaired) electrons. The van der Waals surface area contributed by atoms with E-state index in [0.717, 1.165) is 16.2 Å². The Hall–Kier alpha value is -3.06. The van der Waals surface area contributed by atoms with Gasteiger partial charge in [0.25, 0.3) is 5.91 Å². The highest BCUT2D eigenvalue weighted by atomic mass is 32.1. The Morgan fingerprint density at radius 2 is 2.13 bits per heavy atom. The number of nitrogens with zero attached hydrogens (tertiary/aromatic N) is 4. The van der Waals surface area contributed by atoms with Crippen molar-refractivity contribution in [2.24, 2.45) is 0 Å². The number of anilines is 1. The molecule has 1 N–H and O–H groups in total. The summed E-state index contributed by atoms with van der Waals surface area (Å²) in [7, 11) is 0. The molecular weight excluding hydrogens is 310 g/mol. The number of hydrogen-bond donors (Lipinski definition) is 1. The lowest BCUT2D eigenvalue weighted by Gasteiger charge is -2.06. The van der Waals surface area contributed by atoms with Gasteiger partial charge in [0, 0.05) is 18.6 Å². The van der Waals surface area contributed by atoms with Crippen LogP contribution in [0.4, 0.5) is 5.82 Å². The number of pyridine rings is 1. The van der Waals surface area contributed by atoms with E-state index in [1.54, 1.807) is 11.3 Å². The maximum absolute atomic E-state index is 12.4. The number of fused-ring (bicyclic) bond motifs is 1. The fourth-order valence-electron chi connectivity index (χ4n) is 2.29. The molecule has 4 aromatic heterocycles. The molecule has 0 spiro atoms. The first-order valence-electron chi connectivity index (χ1n) is 6.91. The van der Waals surface area contributed by atoms with Gasteiger partial charge in [0.1, 0.15) is 22.9 Å². The molecule has 0 bridgehead atoms. The number of hydrogen-bond acceptors (Lipinski definition) is 5. The molecule has 0 unspecified atom stereocenters. The van der Waals surface area contributed by atoms with Crippen LogP contribution >= 0.6 is 11.3 Å². The molecule has 0 aliphatic heterocycles. The molecule has 112 valence electrons. The molecular formula is C16H11N5OS. The van der Waals surface area contributed by atoms with Crippen LogP contribution in [0.5, 0.6) is 0 Å². The molecule has 0 aliphatic rings. The van der Waals surface area contributed by atoms with Gasteiger partial charge in [0.15, 0.2) is 0 Å². The number of carbonyl (C=O) groups is 1. The van der Waals surface area contributed by atoms with Crippen molar-refractivity contribution in [1.82, 2.24) is 19.4 Å². The summed E-state index contributed by atoms with van der Waals surface area (Å²) in [6.07, 6.45) is 6.32. The molecule has 0 saturated heterocycles. The zero-order valence-electron chi connectivity index (χ0n) is 11.9. The Bertz CT molecular complexity index is 963. The second-order valence-electron chi connectivity index (χ2n) is 4.76. The summed E-state index contributed by atoms with van der Waals surface area (Å²) in [6, 6.07) is 9.64. The summed E-state index contributed by atoms with van der Waals surface area (Å²) < 4.78 is 1.85. The van der Waals surface area contributed by atoms with Crippen molar-refractivity contribution in [3.63, 3.8) is 0 Å². The van der Waals surface area contributed by atoms with E-state index >= 15 is 0 Å². The summed E-state index contributed by atoms with van der Waals surface area (Å²) in [5.41, 5.74) is 1.77. The maximum atomic E-state index is 12.4. The van der Waals surface area contributed by atoms with E-state index in [2.05, 4.69) is 20.3 Å². The van der Waals surface area contributed by atoms with Gasteiger partial charge in [-0.2, -0.15) is 0 Å². The summed E-state index contributed by atoms with van der Waals surface area (Å²) in [4.78, 5) is 26.0. The van der Waals surface area contributed by atoms with Gasteiger partial charge in [-0.05, 0) is 23.6 Å². The zero-order chi connectivity index (χ0) is 15.6. The van der Waals surface area contributed by atoms with Crippen LogP contribution < -0.4 is 5.32 Å². The summed E-state index contributed by atoms with van der Waals surface area (Å²) in [5, 5.41) is 4.88. The van der Waals surface area contributed by atoms with E-state index in [-0.39, 0.29) is 11.6 Å². The number of amides is 1. The van der Waals surface area contributed by atoms with Gasteiger partial charge in [0.05, 0.1) is 11.1 Å². The van der Waals surface area contributed by atoms with Crippen LogP contribution in [0, 0.1) is 0 Å². The highest BCUT2D eigenvalue weighted by Gasteiger charge is 2.18. The van der Waals surface area contributed by atoms with Crippen LogP contribution in [0.3, 0.4) is 0 Å². The van der Waals surface area contributed by atoms with E-state index in [1.165, 1.54) is 18.6 Å². The van der Waals surface area contributed by atoms with Crippen molar-refractivity contribution in [3.8, 4) is 10.6 Å². The third-order valence-corrected chi connectivity index (χ3v) is 4.19. The first-order valence-corrected chi connectivity index (χ1v) is 7.79. The summed E-state index contributed by atoms with van der Waals surface area (Å²) in [6.45, 7) is 0. The number of thiophene rings is 1. The van der Waals surface area contributed by atoms with Crippen molar-refractivity contribution < 1.29 is 4.79 Å². The van der Waals surface area contributed by atoms with E-state index in [4.69, 9.17) is 0 Å². The van der Waals surface area contributed by atoms with Crippen molar-refractivity contribution in [2.45, 2.75) is 0 Å². The van der Waals surface area contributed by atoms with Crippen LogP contribution in [0.25, 0.3) is 16.2 Å². The van der Waals surface area contributed by atoms with Gasteiger partial charge in [-0.3, -0.25) is 14.2 Å². The normalized spacial score (nSPS) is 10.8. The standard InChI is InChI=1S/C16H11N5OS/c22-16(11-10-17-6-7-18-11)20-15-14(12-4-3-9-23-12)19-13-5-1-2-8-21(13)15/h1-10H,(H,20,22). The predicted molar refractivity (Wildman–Crippen MR) is 88.5 cm³/mol. The number of aromatic nitrogens is 4. The smallest absolute Gasteiger partial charge is 0.277 e. The molecule has 0 atom stereocenters. The first kappa shape index (κ1) is 13.6. The number of carbonyl (C=O) groups excluding carboxylic acids is 1. The first-order chi connectivity index (χ1) is 11.3. The van der Waals surface area contributed by atoms with E-state index in [0.29, 0.717) is 5.82 Å². The van der Waals surface area contributed by atoms with E-state index in [9.17, 15) is 4.79 Å². The fourth-order valence-corrected chi connectivity index (χ4v) is 3.00. The van der Waals surface area contributed by atoms with Crippen molar-refractivity contribution >= 4 is 28.7 Å². The van der Waals surface area contributed by atoms with Gasteiger partial charge in [-0.25, -0.2) is 9.97 Å². The molecule has 4 heterocycles. The molecule has 0 aliphatic carbocycles. The lowest BCUT2D eigenvalue weighted by molar-refractivity contribution is 0.102. The van der Waals surface area contributed by atoms with Crippen LogP contribution in [0.2, 0.25) is 0 Å². The highest BCUT2D eigenvalue weighted by molar-refractivity contribution is 7.13. The van der Waals surface area contributed by atoms with Gasteiger partial charge in [-0.15, -0.1) is 11.3 Å². The second-order valence-corrected chi connectivity index (χ2v) is 5.71. The Balaban J connectivity index is 1.82. The maximum Gasteiger partial charge on any atom is 0.277 e. The quantitative estimate of drug-likeness (QED) is 0.629. The van der Waals surface area contributed by atoms with Gasteiger partial charge >= 0.3 is 0 Å². The van der Waals surface area contributed by atoms with E-state index in [1.807, 2.05) is 46.3 Å². The largest absolute Gasteiger partial charge is 0.304 e. The van der Waals surface area contributed by atoms with Crippen LogP contribution in [-0.2, 0) is 0 Å². The monoisotopic (exact) mass is 321 g/mol. The molecule has 0 aromatic carbocycles. The molecule has 4 aromatic rings. The Labute approximate surface area is 135 Å². The fraction of sp³-hybridized carbons (Fsp3) is 0. The molecule has 7 heteroatoms. The zero-order valence-corrected chi connectivity index (χ0v) is 12.7. The van der Waals surface area contributed by atoms with Crippen LogP contribution in [-0.4, -0.2) is 25.3 Å². The van der Waals surface area contributed by atoms with Gasteiger partial charge in [0.2, 0.25) is 0 Å². The Morgan fingerprint density at radius 3 is 2.91 bits per heavy atom. The average molecular weight is 321 g/mol. The molecule has 6 nitrogen and oxygen atoms in total. The lowest BCUT2D eigenvalue weighted by Crippen LogP contribution is -2.15. The Kier molecular flexibility index (Phi) is 3.32. The number of imidazole rings is 1. The molecule has 0 saturated carbocycles. The van der Waals surface area contributed by atoms with E-state index < -0.39 is 0 Å². The van der Waals surface area contributed by atoms with Crippen LogP contribution in [0.1, 0.15) is 10.5 Å².